The SMILES string of the molecule is CC(C)[C@H](N)C(=O)NCC(=O)Nc1nccn1Cc1ccccc1.Cl. The molecule has 7 nitrogen and oxygen atoms in total. The van der Waals surface area contributed by atoms with E-state index in [1.165, 1.54) is 0 Å². The van der Waals surface area contributed by atoms with Crippen LogP contribution in [0.2, 0.25) is 0 Å². The Morgan fingerprint density at radius 3 is 2.56 bits per heavy atom. The molecule has 1 aromatic carbocycles. The van der Waals surface area contributed by atoms with Crippen molar-refractivity contribution in [3.63, 3.8) is 0 Å². The summed E-state index contributed by atoms with van der Waals surface area (Å²) in [5.74, 6) is -0.239. The Labute approximate surface area is 153 Å². The van der Waals surface area contributed by atoms with Crippen molar-refractivity contribution in [3.8, 4) is 0 Å². The number of imidazole rings is 1. The third kappa shape index (κ3) is 6.21. The molecule has 0 aliphatic carbocycles. The summed E-state index contributed by atoms with van der Waals surface area (Å²) in [7, 11) is 0. The zero-order chi connectivity index (χ0) is 17.5. The van der Waals surface area contributed by atoms with Gasteiger partial charge >= 0.3 is 0 Å². The number of carbonyl (C=O) groups is 2. The molecule has 2 aromatic rings. The van der Waals surface area contributed by atoms with Gasteiger partial charge in [-0.1, -0.05) is 44.2 Å². The second-order valence-corrected chi connectivity index (χ2v) is 5.90. The van der Waals surface area contributed by atoms with Crippen LogP contribution in [-0.4, -0.2) is 34.0 Å². The van der Waals surface area contributed by atoms with Crippen molar-refractivity contribution in [2.75, 3.05) is 11.9 Å². The van der Waals surface area contributed by atoms with Crippen LogP contribution in [0.5, 0.6) is 0 Å². The van der Waals surface area contributed by atoms with Crippen molar-refractivity contribution in [1.29, 1.82) is 0 Å². The number of hydrogen-bond donors (Lipinski definition) is 3. The molecule has 0 bridgehead atoms. The fourth-order valence-electron chi connectivity index (χ4n) is 2.10. The highest BCUT2D eigenvalue weighted by atomic mass is 35.5. The number of amides is 2. The summed E-state index contributed by atoms with van der Waals surface area (Å²) < 4.78 is 1.83. The van der Waals surface area contributed by atoms with Crippen LogP contribution < -0.4 is 16.4 Å². The highest BCUT2D eigenvalue weighted by Crippen LogP contribution is 2.09. The fourth-order valence-corrected chi connectivity index (χ4v) is 2.10. The number of anilines is 1. The van der Waals surface area contributed by atoms with Crippen LogP contribution in [0.3, 0.4) is 0 Å². The standard InChI is InChI=1S/C17H23N5O2.ClH/c1-12(2)15(18)16(24)20-10-14(23)21-17-19-8-9-22(17)11-13-6-4-3-5-7-13;/h3-9,12,15H,10-11,18H2,1-2H3,(H,20,24)(H,19,21,23);1H/t15-;/m0./s1. The average molecular weight is 366 g/mol. The monoisotopic (exact) mass is 365 g/mol. The molecular weight excluding hydrogens is 342 g/mol. The van der Waals surface area contributed by atoms with Crippen molar-refractivity contribution in [2.45, 2.75) is 26.4 Å². The smallest absolute Gasteiger partial charge is 0.246 e. The molecule has 0 aliphatic heterocycles. The Morgan fingerprint density at radius 2 is 1.92 bits per heavy atom. The van der Waals surface area contributed by atoms with E-state index in [-0.39, 0.29) is 36.7 Å². The third-order valence-electron chi connectivity index (χ3n) is 3.61. The third-order valence-corrected chi connectivity index (χ3v) is 3.61. The lowest BCUT2D eigenvalue weighted by molar-refractivity contribution is -0.125. The molecule has 0 spiro atoms. The first-order chi connectivity index (χ1) is 11.5. The maximum Gasteiger partial charge on any atom is 0.246 e. The van der Waals surface area contributed by atoms with Crippen molar-refractivity contribution in [2.24, 2.45) is 11.7 Å². The minimum Gasteiger partial charge on any atom is -0.346 e. The van der Waals surface area contributed by atoms with Gasteiger partial charge in [0.05, 0.1) is 19.1 Å². The summed E-state index contributed by atoms with van der Waals surface area (Å²) >= 11 is 0. The second-order valence-electron chi connectivity index (χ2n) is 5.90. The molecule has 0 unspecified atom stereocenters. The zero-order valence-corrected chi connectivity index (χ0v) is 15.1. The molecule has 0 radical (unpaired) electrons. The number of nitrogens with two attached hydrogens (primary N) is 1. The first kappa shape index (κ1) is 20.7. The van der Waals surface area contributed by atoms with E-state index >= 15 is 0 Å². The molecular formula is C17H24ClN5O2. The Morgan fingerprint density at radius 1 is 1.24 bits per heavy atom. The van der Waals surface area contributed by atoms with E-state index in [1.807, 2.05) is 48.7 Å². The Hall–Kier alpha value is -2.38. The molecule has 1 heterocycles. The van der Waals surface area contributed by atoms with Crippen LogP contribution in [0, 0.1) is 5.92 Å². The highest BCUT2D eigenvalue weighted by Gasteiger charge is 2.18. The predicted octanol–water partition coefficient (Wildman–Crippen LogP) is 1.39. The van der Waals surface area contributed by atoms with Crippen molar-refractivity contribution in [1.82, 2.24) is 14.9 Å². The molecule has 4 N–H and O–H groups in total. The number of carbonyl (C=O) groups excluding carboxylic acids is 2. The summed E-state index contributed by atoms with van der Waals surface area (Å²) in [5, 5.41) is 5.22. The van der Waals surface area contributed by atoms with Crippen LogP contribution in [0.4, 0.5) is 5.95 Å². The van der Waals surface area contributed by atoms with Gasteiger partial charge in [-0.2, -0.15) is 0 Å². The van der Waals surface area contributed by atoms with Gasteiger partial charge in [0.25, 0.3) is 0 Å². The molecule has 0 saturated heterocycles. The number of halogens is 1. The van der Waals surface area contributed by atoms with E-state index in [4.69, 9.17) is 5.73 Å². The number of nitrogens with zero attached hydrogens (tertiary/aromatic N) is 2. The topological polar surface area (TPSA) is 102 Å². The lowest BCUT2D eigenvalue weighted by Gasteiger charge is -2.15. The van der Waals surface area contributed by atoms with Crippen LogP contribution in [-0.2, 0) is 16.1 Å². The van der Waals surface area contributed by atoms with Crippen LogP contribution in [0.25, 0.3) is 0 Å². The van der Waals surface area contributed by atoms with E-state index < -0.39 is 6.04 Å². The van der Waals surface area contributed by atoms with Gasteiger partial charge in [0.2, 0.25) is 17.8 Å². The first-order valence-electron chi connectivity index (χ1n) is 7.85. The number of hydrogen-bond acceptors (Lipinski definition) is 4. The first-order valence-corrected chi connectivity index (χ1v) is 7.85. The van der Waals surface area contributed by atoms with Crippen molar-refractivity contribution in [3.05, 3.63) is 48.3 Å². The summed E-state index contributed by atoms with van der Waals surface area (Å²) in [5.41, 5.74) is 6.83. The molecule has 2 amide bonds. The summed E-state index contributed by atoms with van der Waals surface area (Å²) in [6.45, 7) is 4.16. The summed E-state index contributed by atoms with van der Waals surface area (Å²) in [6.07, 6.45) is 3.40. The van der Waals surface area contributed by atoms with E-state index in [1.54, 1.807) is 12.4 Å². The fraction of sp³-hybridized carbons (Fsp3) is 0.353. The van der Waals surface area contributed by atoms with E-state index in [2.05, 4.69) is 15.6 Å². The lowest BCUT2D eigenvalue weighted by Crippen LogP contribution is -2.46. The molecule has 2 rings (SSSR count). The van der Waals surface area contributed by atoms with Gasteiger partial charge in [-0.05, 0) is 11.5 Å². The van der Waals surface area contributed by atoms with Gasteiger partial charge in [-0.25, -0.2) is 4.98 Å². The van der Waals surface area contributed by atoms with Crippen LogP contribution in [0.1, 0.15) is 19.4 Å². The molecule has 1 aromatic heterocycles. The molecule has 0 fully saturated rings. The van der Waals surface area contributed by atoms with Crippen LogP contribution in [0.15, 0.2) is 42.7 Å². The molecule has 0 saturated carbocycles. The summed E-state index contributed by atoms with van der Waals surface area (Å²) in [4.78, 5) is 27.9. The Kier molecular flexibility index (Phi) is 8.10. The molecule has 1 atom stereocenters. The van der Waals surface area contributed by atoms with Gasteiger partial charge in [-0.15, -0.1) is 12.4 Å². The Bertz CT molecular complexity index is 687. The summed E-state index contributed by atoms with van der Waals surface area (Å²) in [6, 6.07) is 9.23. The molecule has 136 valence electrons. The van der Waals surface area contributed by atoms with E-state index in [0.717, 1.165) is 5.56 Å². The number of benzene rings is 1. The second kappa shape index (κ2) is 9.80. The molecule has 25 heavy (non-hydrogen) atoms. The highest BCUT2D eigenvalue weighted by molar-refractivity contribution is 5.94. The number of aromatic nitrogens is 2. The maximum absolute atomic E-state index is 12.0. The lowest BCUT2D eigenvalue weighted by atomic mass is 10.1. The van der Waals surface area contributed by atoms with Crippen molar-refractivity contribution >= 4 is 30.2 Å². The van der Waals surface area contributed by atoms with E-state index in [9.17, 15) is 9.59 Å². The number of nitrogens with one attached hydrogen (secondary N) is 2. The largest absolute Gasteiger partial charge is 0.346 e. The minimum atomic E-state index is -0.627. The van der Waals surface area contributed by atoms with Gasteiger partial charge in [0.15, 0.2) is 0 Å². The predicted molar refractivity (Wildman–Crippen MR) is 99.5 cm³/mol. The van der Waals surface area contributed by atoms with Gasteiger partial charge < -0.3 is 15.6 Å². The van der Waals surface area contributed by atoms with Gasteiger partial charge in [0, 0.05) is 12.4 Å². The zero-order valence-electron chi connectivity index (χ0n) is 14.3. The van der Waals surface area contributed by atoms with Crippen LogP contribution >= 0.6 is 12.4 Å². The quantitative estimate of drug-likeness (QED) is 0.690. The normalized spacial score (nSPS) is 11.5. The maximum atomic E-state index is 12.0. The van der Waals surface area contributed by atoms with E-state index in [0.29, 0.717) is 12.5 Å². The Balaban J connectivity index is 0.00000312. The van der Waals surface area contributed by atoms with Crippen molar-refractivity contribution < 1.29 is 9.59 Å². The minimum absolute atomic E-state index is 0. The van der Waals surface area contributed by atoms with Gasteiger partial charge in [-0.3, -0.25) is 14.9 Å². The average Bonchev–Trinajstić information content (AvgIpc) is 2.99. The number of rotatable bonds is 7. The molecule has 8 heteroatoms. The molecule has 0 aliphatic rings. The van der Waals surface area contributed by atoms with Gasteiger partial charge in [0.1, 0.15) is 0 Å².